The van der Waals surface area contributed by atoms with Crippen LogP contribution in [-0.2, 0) is 4.74 Å². The highest BCUT2D eigenvalue weighted by Gasteiger charge is 2.15. The maximum Gasteiger partial charge on any atom is 0.167 e. The van der Waals surface area contributed by atoms with Crippen LogP contribution in [0.3, 0.4) is 0 Å². The molecule has 6 heteroatoms. The van der Waals surface area contributed by atoms with E-state index >= 15 is 0 Å². The highest BCUT2D eigenvalue weighted by atomic mass is 32.1. The minimum absolute atomic E-state index is 0.0177. The second kappa shape index (κ2) is 10.2. The molecule has 1 aliphatic rings. The highest BCUT2D eigenvalue weighted by molar-refractivity contribution is 7.80. The first-order valence-electron chi connectivity index (χ1n) is 9.23. The van der Waals surface area contributed by atoms with Crippen molar-refractivity contribution < 1.29 is 9.64 Å². The predicted molar refractivity (Wildman–Crippen MR) is 107 cm³/mol. The van der Waals surface area contributed by atoms with E-state index in [-0.39, 0.29) is 6.04 Å². The zero-order valence-electron chi connectivity index (χ0n) is 15.0. The third kappa shape index (κ3) is 5.76. The van der Waals surface area contributed by atoms with Crippen LogP contribution >= 0.6 is 12.2 Å². The number of thiocarbonyl (C=S) groups is 1. The number of rotatable bonds is 7. The van der Waals surface area contributed by atoms with Gasteiger partial charge in [0.1, 0.15) is 13.1 Å². The SMILES string of the molecule is S=C(NCCC[NH+]1CCOCC1)N[C@H](c1ccccc1)c1ccncc1. The Morgan fingerprint density at radius 2 is 1.77 bits per heavy atom. The normalized spacial score (nSPS) is 16.0. The first-order valence-corrected chi connectivity index (χ1v) is 9.64. The molecular weight excluding hydrogens is 344 g/mol. The summed E-state index contributed by atoms with van der Waals surface area (Å²) in [5, 5.41) is 7.49. The largest absolute Gasteiger partial charge is 0.370 e. The van der Waals surface area contributed by atoms with Crippen molar-refractivity contribution in [2.24, 2.45) is 0 Å². The molecule has 26 heavy (non-hydrogen) atoms. The van der Waals surface area contributed by atoms with Gasteiger partial charge in [-0.15, -0.1) is 0 Å². The van der Waals surface area contributed by atoms with Crippen LogP contribution in [-0.4, -0.2) is 49.5 Å². The number of benzene rings is 1. The lowest BCUT2D eigenvalue weighted by Crippen LogP contribution is -3.14. The van der Waals surface area contributed by atoms with Crippen molar-refractivity contribution in [2.45, 2.75) is 12.5 Å². The fourth-order valence-electron chi connectivity index (χ4n) is 3.19. The molecule has 0 saturated carbocycles. The Bertz CT molecular complexity index is 623. The molecule has 1 fully saturated rings. The molecule has 2 aromatic rings. The molecule has 1 aromatic carbocycles. The fourth-order valence-corrected chi connectivity index (χ4v) is 3.41. The van der Waals surface area contributed by atoms with Gasteiger partial charge < -0.3 is 20.3 Å². The zero-order valence-corrected chi connectivity index (χ0v) is 15.8. The third-order valence-corrected chi connectivity index (χ3v) is 4.90. The van der Waals surface area contributed by atoms with Crippen molar-refractivity contribution in [1.29, 1.82) is 0 Å². The summed E-state index contributed by atoms with van der Waals surface area (Å²) < 4.78 is 5.40. The van der Waals surface area contributed by atoms with Crippen molar-refractivity contribution in [2.75, 3.05) is 39.4 Å². The van der Waals surface area contributed by atoms with Crippen LogP contribution in [0.15, 0.2) is 54.9 Å². The van der Waals surface area contributed by atoms with Gasteiger partial charge in [0.15, 0.2) is 5.11 Å². The molecule has 0 unspecified atom stereocenters. The molecule has 5 nitrogen and oxygen atoms in total. The molecule has 1 atom stereocenters. The number of morpholine rings is 1. The molecule has 0 radical (unpaired) electrons. The van der Waals surface area contributed by atoms with Gasteiger partial charge in [-0.05, 0) is 35.5 Å². The van der Waals surface area contributed by atoms with E-state index in [1.807, 2.05) is 42.7 Å². The maximum atomic E-state index is 5.54. The molecule has 2 heterocycles. The van der Waals surface area contributed by atoms with Gasteiger partial charge >= 0.3 is 0 Å². The predicted octanol–water partition coefficient (Wildman–Crippen LogP) is 0.940. The molecule has 0 aliphatic carbocycles. The highest BCUT2D eigenvalue weighted by Crippen LogP contribution is 2.21. The van der Waals surface area contributed by atoms with Crippen LogP contribution in [0, 0.1) is 0 Å². The van der Waals surface area contributed by atoms with Gasteiger partial charge in [-0.3, -0.25) is 4.98 Å². The van der Waals surface area contributed by atoms with Gasteiger partial charge in [0.05, 0.1) is 25.8 Å². The number of hydrogen-bond donors (Lipinski definition) is 3. The molecule has 0 amide bonds. The van der Waals surface area contributed by atoms with Gasteiger partial charge in [-0.25, -0.2) is 0 Å². The van der Waals surface area contributed by atoms with Crippen molar-refractivity contribution in [3.8, 4) is 0 Å². The topological polar surface area (TPSA) is 50.6 Å². The van der Waals surface area contributed by atoms with Crippen LogP contribution < -0.4 is 15.5 Å². The van der Waals surface area contributed by atoms with Crippen LogP contribution in [0.4, 0.5) is 0 Å². The molecule has 1 aromatic heterocycles. The van der Waals surface area contributed by atoms with Gasteiger partial charge in [0, 0.05) is 25.4 Å². The van der Waals surface area contributed by atoms with E-state index in [9.17, 15) is 0 Å². The molecule has 138 valence electrons. The third-order valence-electron chi connectivity index (χ3n) is 4.64. The van der Waals surface area contributed by atoms with E-state index in [1.165, 1.54) is 5.56 Å². The van der Waals surface area contributed by atoms with E-state index in [2.05, 4.69) is 27.8 Å². The Morgan fingerprint density at radius 1 is 1.08 bits per heavy atom. The average molecular weight is 372 g/mol. The minimum atomic E-state index is 0.0177. The van der Waals surface area contributed by atoms with E-state index in [0.29, 0.717) is 5.11 Å². The fraction of sp³-hybridized carbons (Fsp3) is 0.400. The summed E-state index contributed by atoms with van der Waals surface area (Å²) in [6, 6.07) is 14.4. The minimum Gasteiger partial charge on any atom is -0.370 e. The number of nitrogens with zero attached hydrogens (tertiary/aromatic N) is 1. The zero-order chi connectivity index (χ0) is 18.0. The van der Waals surface area contributed by atoms with E-state index in [1.54, 1.807) is 4.90 Å². The molecule has 1 saturated heterocycles. The Balaban J connectivity index is 1.51. The summed E-state index contributed by atoms with van der Waals surface area (Å²) in [4.78, 5) is 5.74. The van der Waals surface area contributed by atoms with E-state index in [4.69, 9.17) is 17.0 Å². The van der Waals surface area contributed by atoms with Crippen LogP contribution in [0.1, 0.15) is 23.6 Å². The monoisotopic (exact) mass is 371 g/mol. The first kappa shape index (κ1) is 18.8. The second-order valence-electron chi connectivity index (χ2n) is 6.49. The summed E-state index contributed by atoms with van der Waals surface area (Å²) in [5.41, 5.74) is 2.33. The summed E-state index contributed by atoms with van der Waals surface area (Å²) in [6.07, 6.45) is 4.73. The van der Waals surface area contributed by atoms with Crippen LogP contribution in [0.5, 0.6) is 0 Å². The molecular formula is C20H27N4OS+. The average Bonchev–Trinajstić information content (AvgIpc) is 2.71. The van der Waals surface area contributed by atoms with Gasteiger partial charge in [0.2, 0.25) is 0 Å². The number of ether oxygens (including phenoxy) is 1. The quantitative estimate of drug-likeness (QED) is 0.500. The number of quaternary nitrogens is 1. The number of hydrogen-bond acceptors (Lipinski definition) is 3. The van der Waals surface area contributed by atoms with Crippen LogP contribution in [0.25, 0.3) is 0 Å². The maximum absolute atomic E-state index is 5.54. The molecule has 0 bridgehead atoms. The number of pyridine rings is 1. The number of aromatic nitrogens is 1. The molecule has 3 rings (SSSR count). The van der Waals surface area contributed by atoms with Gasteiger partial charge in [-0.1, -0.05) is 30.3 Å². The van der Waals surface area contributed by atoms with E-state index in [0.717, 1.165) is 51.4 Å². The lowest BCUT2D eigenvalue weighted by Gasteiger charge is -2.24. The Kier molecular flexibility index (Phi) is 7.37. The van der Waals surface area contributed by atoms with Gasteiger partial charge in [0.25, 0.3) is 0 Å². The first-order chi connectivity index (χ1) is 12.8. The Hall–Kier alpha value is -2.02. The number of nitrogens with one attached hydrogen (secondary N) is 3. The lowest BCUT2D eigenvalue weighted by atomic mass is 10.00. The molecule has 1 aliphatic heterocycles. The van der Waals surface area contributed by atoms with Crippen LogP contribution in [0.2, 0.25) is 0 Å². The van der Waals surface area contributed by atoms with Crippen molar-refractivity contribution in [3.05, 3.63) is 66.0 Å². The van der Waals surface area contributed by atoms with Gasteiger partial charge in [-0.2, -0.15) is 0 Å². The van der Waals surface area contributed by atoms with Crippen molar-refractivity contribution in [1.82, 2.24) is 15.6 Å². The summed E-state index contributed by atoms with van der Waals surface area (Å²) in [6.45, 7) is 6.03. The van der Waals surface area contributed by atoms with Crippen molar-refractivity contribution in [3.63, 3.8) is 0 Å². The summed E-state index contributed by atoms with van der Waals surface area (Å²) in [7, 11) is 0. The summed E-state index contributed by atoms with van der Waals surface area (Å²) >= 11 is 5.54. The smallest absolute Gasteiger partial charge is 0.167 e. The second-order valence-corrected chi connectivity index (χ2v) is 6.90. The molecule has 3 N–H and O–H groups in total. The summed E-state index contributed by atoms with van der Waals surface area (Å²) in [5.74, 6) is 0. The standard InChI is InChI=1S/C20H26N4OS/c26-20(22-9-4-12-24-13-15-25-16-14-24)23-19(17-5-2-1-3-6-17)18-7-10-21-11-8-18/h1-3,5-8,10-11,19H,4,9,12-16H2,(H2,22,23,26)/p+1/t19-/m1/s1. The Morgan fingerprint density at radius 3 is 2.50 bits per heavy atom. The van der Waals surface area contributed by atoms with Crippen molar-refractivity contribution >= 4 is 17.3 Å². The Labute approximate surface area is 160 Å². The lowest BCUT2D eigenvalue weighted by molar-refractivity contribution is -0.908. The van der Waals surface area contributed by atoms with E-state index < -0.39 is 0 Å². The molecule has 0 spiro atoms.